The van der Waals surface area contributed by atoms with Gasteiger partial charge < -0.3 is 15.0 Å². The van der Waals surface area contributed by atoms with E-state index in [2.05, 4.69) is 15.3 Å². The van der Waals surface area contributed by atoms with Crippen molar-refractivity contribution in [1.82, 2.24) is 15.2 Å². The van der Waals surface area contributed by atoms with Crippen molar-refractivity contribution >= 4 is 23.3 Å². The first-order valence-corrected chi connectivity index (χ1v) is 8.85. The fourth-order valence-electron chi connectivity index (χ4n) is 2.58. The van der Waals surface area contributed by atoms with E-state index >= 15 is 0 Å². The van der Waals surface area contributed by atoms with Crippen LogP contribution in [0.25, 0.3) is 0 Å². The van der Waals surface area contributed by atoms with Gasteiger partial charge in [0, 0.05) is 25.0 Å². The maximum absolute atomic E-state index is 12.6. The lowest BCUT2D eigenvalue weighted by Gasteiger charge is -2.33. The number of aliphatic imine (C=N–C) groups is 1. The number of nitrogens with one attached hydrogen (secondary N) is 1. The molecule has 0 saturated carbocycles. The molecule has 0 aromatic carbocycles. The summed E-state index contributed by atoms with van der Waals surface area (Å²) in [6.45, 7) is 3.91. The molecule has 0 radical (unpaired) electrons. The number of ether oxygens (including phenoxy) is 1. The molecule has 1 saturated heterocycles. The summed E-state index contributed by atoms with van der Waals surface area (Å²) >= 11 is 0.945. The molecule has 2 heterocycles. The highest BCUT2D eigenvalue weighted by Crippen LogP contribution is 2.30. The molecule has 6 nitrogen and oxygen atoms in total. The third kappa shape index (κ3) is 5.32. The first kappa shape index (κ1) is 19.5. The smallest absolute Gasteiger partial charge is 0.434 e. The highest BCUT2D eigenvalue weighted by molar-refractivity contribution is 7.09. The van der Waals surface area contributed by atoms with E-state index in [1.165, 1.54) is 7.11 Å². The van der Waals surface area contributed by atoms with Crippen LogP contribution in [0.3, 0.4) is 0 Å². The summed E-state index contributed by atoms with van der Waals surface area (Å²) in [5.74, 6) is 0.302. The summed E-state index contributed by atoms with van der Waals surface area (Å²) in [5, 5.41) is 4.44. The molecule has 1 N–H and O–H groups in total. The number of hydrogen-bond acceptors (Lipinski definition) is 5. The first-order chi connectivity index (χ1) is 11.8. The molecule has 1 aromatic rings. The zero-order chi connectivity index (χ0) is 18.4. The number of rotatable bonds is 4. The largest absolute Gasteiger partial charge is 0.469 e. The van der Waals surface area contributed by atoms with Crippen LogP contribution in [0.5, 0.6) is 0 Å². The van der Waals surface area contributed by atoms with Crippen molar-refractivity contribution in [3.8, 4) is 0 Å². The molecule has 2 rings (SSSR count). The Morgan fingerprint density at radius 2 is 2.16 bits per heavy atom. The van der Waals surface area contributed by atoms with Crippen molar-refractivity contribution < 1.29 is 22.7 Å². The van der Waals surface area contributed by atoms with E-state index in [0.29, 0.717) is 43.4 Å². The fourth-order valence-corrected chi connectivity index (χ4v) is 3.30. The van der Waals surface area contributed by atoms with Crippen molar-refractivity contribution in [2.75, 3.05) is 26.7 Å². The van der Waals surface area contributed by atoms with Gasteiger partial charge in [-0.25, -0.2) is 9.98 Å². The van der Waals surface area contributed by atoms with Crippen molar-refractivity contribution in [1.29, 1.82) is 0 Å². The lowest BCUT2D eigenvalue weighted by molar-refractivity contribution is -0.146. The van der Waals surface area contributed by atoms with E-state index in [4.69, 9.17) is 4.74 Å². The summed E-state index contributed by atoms with van der Waals surface area (Å²) < 4.78 is 42.5. The molecule has 1 aliphatic heterocycles. The average molecular weight is 378 g/mol. The Kier molecular flexibility index (Phi) is 6.63. The van der Waals surface area contributed by atoms with Crippen LogP contribution in [-0.4, -0.2) is 48.6 Å². The quantitative estimate of drug-likeness (QED) is 0.495. The molecule has 25 heavy (non-hydrogen) atoms. The van der Waals surface area contributed by atoms with E-state index in [9.17, 15) is 18.0 Å². The zero-order valence-electron chi connectivity index (χ0n) is 14.1. The SMILES string of the molecule is CCNC(=NCc1nc(C(F)(F)F)cs1)N1CCC(C(=O)OC)CC1. The van der Waals surface area contributed by atoms with Gasteiger partial charge in [0.1, 0.15) is 5.01 Å². The van der Waals surface area contributed by atoms with E-state index < -0.39 is 11.9 Å². The van der Waals surface area contributed by atoms with Crippen molar-refractivity contribution in [2.24, 2.45) is 10.9 Å². The molecule has 0 bridgehead atoms. The maximum atomic E-state index is 12.6. The van der Waals surface area contributed by atoms with Crippen LogP contribution in [0.15, 0.2) is 10.4 Å². The average Bonchev–Trinajstić information content (AvgIpc) is 3.07. The fraction of sp³-hybridized carbons (Fsp3) is 0.667. The van der Waals surface area contributed by atoms with E-state index in [1.54, 1.807) is 0 Å². The summed E-state index contributed by atoms with van der Waals surface area (Å²) in [7, 11) is 1.38. The second kappa shape index (κ2) is 8.50. The number of likely N-dealkylation sites (tertiary alicyclic amines) is 1. The lowest BCUT2D eigenvalue weighted by Crippen LogP contribution is -2.46. The molecule has 140 valence electrons. The minimum absolute atomic E-state index is 0.0833. The minimum Gasteiger partial charge on any atom is -0.469 e. The number of nitrogens with zero attached hydrogens (tertiary/aromatic N) is 3. The first-order valence-electron chi connectivity index (χ1n) is 7.97. The maximum Gasteiger partial charge on any atom is 0.434 e. The number of alkyl halides is 3. The van der Waals surface area contributed by atoms with Gasteiger partial charge in [-0.2, -0.15) is 13.2 Å². The van der Waals surface area contributed by atoms with Crippen LogP contribution in [-0.2, 0) is 22.3 Å². The second-order valence-electron chi connectivity index (χ2n) is 5.58. The summed E-state index contributed by atoms with van der Waals surface area (Å²) in [6, 6.07) is 0. The molecule has 1 aromatic heterocycles. The molecule has 0 amide bonds. The third-order valence-electron chi connectivity index (χ3n) is 3.87. The van der Waals surface area contributed by atoms with E-state index in [-0.39, 0.29) is 18.4 Å². The summed E-state index contributed by atoms with van der Waals surface area (Å²) in [4.78, 5) is 21.6. The van der Waals surface area contributed by atoms with Crippen LogP contribution in [0.2, 0.25) is 0 Å². The topological polar surface area (TPSA) is 66.8 Å². The molecular weight excluding hydrogens is 357 g/mol. The van der Waals surface area contributed by atoms with Gasteiger partial charge in [-0.05, 0) is 19.8 Å². The van der Waals surface area contributed by atoms with Crippen LogP contribution in [0.4, 0.5) is 13.2 Å². The number of methoxy groups -OCH3 is 1. The molecule has 0 spiro atoms. The van der Waals surface area contributed by atoms with Crippen molar-refractivity contribution in [3.63, 3.8) is 0 Å². The Bertz CT molecular complexity index is 610. The highest BCUT2D eigenvalue weighted by Gasteiger charge is 2.33. The van der Waals surface area contributed by atoms with Crippen LogP contribution >= 0.6 is 11.3 Å². The van der Waals surface area contributed by atoms with Crippen LogP contribution < -0.4 is 5.32 Å². The van der Waals surface area contributed by atoms with Crippen molar-refractivity contribution in [2.45, 2.75) is 32.5 Å². The van der Waals surface area contributed by atoms with E-state index in [0.717, 1.165) is 16.7 Å². The van der Waals surface area contributed by atoms with Gasteiger partial charge in [-0.15, -0.1) is 11.3 Å². The van der Waals surface area contributed by atoms with Crippen LogP contribution in [0, 0.1) is 5.92 Å². The number of aromatic nitrogens is 1. The Balaban J connectivity index is 1.99. The molecule has 0 aliphatic carbocycles. The predicted octanol–water partition coefficient (Wildman–Crippen LogP) is 2.51. The molecule has 1 aliphatic rings. The van der Waals surface area contributed by atoms with Gasteiger partial charge in [0.2, 0.25) is 0 Å². The monoisotopic (exact) mass is 378 g/mol. The normalized spacial score (nSPS) is 16.8. The number of esters is 1. The molecular formula is C15H21F3N4O2S. The number of carbonyl (C=O) groups excluding carboxylic acids is 1. The third-order valence-corrected chi connectivity index (χ3v) is 4.70. The van der Waals surface area contributed by atoms with Gasteiger partial charge in [-0.3, -0.25) is 4.79 Å². The van der Waals surface area contributed by atoms with E-state index in [1.807, 2.05) is 11.8 Å². The number of guanidine groups is 1. The highest BCUT2D eigenvalue weighted by atomic mass is 32.1. The number of thiazole rings is 1. The number of halogens is 3. The Morgan fingerprint density at radius 1 is 1.48 bits per heavy atom. The summed E-state index contributed by atoms with van der Waals surface area (Å²) in [5.41, 5.74) is -0.883. The Hall–Kier alpha value is -1.84. The lowest BCUT2D eigenvalue weighted by atomic mass is 9.97. The Morgan fingerprint density at radius 3 is 2.68 bits per heavy atom. The van der Waals surface area contributed by atoms with Gasteiger partial charge in [0.05, 0.1) is 19.6 Å². The van der Waals surface area contributed by atoms with Gasteiger partial charge in [-0.1, -0.05) is 0 Å². The molecule has 10 heteroatoms. The van der Waals surface area contributed by atoms with Gasteiger partial charge in [0.15, 0.2) is 11.7 Å². The van der Waals surface area contributed by atoms with Gasteiger partial charge in [0.25, 0.3) is 0 Å². The number of hydrogen-bond donors (Lipinski definition) is 1. The number of piperidine rings is 1. The molecule has 1 fully saturated rings. The number of carbonyl (C=O) groups is 1. The Labute approximate surface area is 148 Å². The van der Waals surface area contributed by atoms with Crippen molar-refractivity contribution in [3.05, 3.63) is 16.1 Å². The zero-order valence-corrected chi connectivity index (χ0v) is 14.9. The molecule has 0 atom stereocenters. The van der Waals surface area contributed by atoms with Crippen LogP contribution in [0.1, 0.15) is 30.5 Å². The minimum atomic E-state index is -4.43. The molecule has 0 unspecified atom stereocenters. The summed E-state index contributed by atoms with van der Waals surface area (Å²) in [6.07, 6.45) is -3.11. The standard InChI is InChI=1S/C15H21F3N4O2S/c1-3-19-14(22-6-4-10(5-7-22)13(23)24-2)20-8-12-21-11(9-25-12)15(16,17)18/h9-10H,3-8H2,1-2H3,(H,19,20). The van der Waals surface area contributed by atoms with Gasteiger partial charge >= 0.3 is 12.1 Å². The second-order valence-corrected chi connectivity index (χ2v) is 6.52. The predicted molar refractivity (Wildman–Crippen MR) is 88.2 cm³/mol.